The maximum Gasteiger partial charge on any atom is 0.238 e. The first-order valence-corrected chi connectivity index (χ1v) is 12.8. The molecular formula is C27H32N2O4S. The van der Waals surface area contributed by atoms with Crippen molar-refractivity contribution in [1.29, 1.82) is 0 Å². The second kappa shape index (κ2) is 11.4. The summed E-state index contributed by atoms with van der Waals surface area (Å²) in [7, 11) is -2.21. The van der Waals surface area contributed by atoms with Crippen LogP contribution >= 0.6 is 0 Å². The second-order valence-corrected chi connectivity index (χ2v) is 10.1. The minimum atomic E-state index is -3.89. The van der Waals surface area contributed by atoms with Crippen LogP contribution in [0, 0.1) is 6.92 Å². The van der Waals surface area contributed by atoms with E-state index in [2.05, 4.69) is 23.5 Å². The van der Waals surface area contributed by atoms with Gasteiger partial charge in [-0.1, -0.05) is 60.7 Å². The summed E-state index contributed by atoms with van der Waals surface area (Å²) in [5, 5.41) is 8.59. The average molecular weight is 481 g/mol. The average Bonchev–Trinajstić information content (AvgIpc) is 2.82. The first-order chi connectivity index (χ1) is 16.2. The quantitative estimate of drug-likeness (QED) is 0.400. The maximum atomic E-state index is 12.8. The fourth-order valence-electron chi connectivity index (χ4n) is 4.18. The van der Waals surface area contributed by atoms with Crippen LogP contribution in [0.3, 0.4) is 0 Å². The highest BCUT2D eigenvalue weighted by Gasteiger charge is 2.21. The van der Waals surface area contributed by atoms with E-state index in [0.717, 1.165) is 24.2 Å². The van der Waals surface area contributed by atoms with Crippen molar-refractivity contribution in [2.75, 3.05) is 13.7 Å². The topological polar surface area (TPSA) is 98.5 Å². The number of carbonyl (C=O) groups excluding carboxylic acids is 1. The molecule has 0 spiro atoms. The van der Waals surface area contributed by atoms with E-state index in [9.17, 15) is 13.2 Å². The summed E-state index contributed by atoms with van der Waals surface area (Å²) in [6.45, 7) is 3.79. The number of Topliss-reactive ketones (excluding diaryl/α,β-unsaturated/α-hetero) is 1. The van der Waals surface area contributed by atoms with Crippen LogP contribution in [-0.4, -0.2) is 33.9 Å². The van der Waals surface area contributed by atoms with Gasteiger partial charge in [-0.05, 0) is 61.4 Å². The third-order valence-corrected chi connectivity index (χ3v) is 7.02. The van der Waals surface area contributed by atoms with Gasteiger partial charge >= 0.3 is 0 Å². The van der Waals surface area contributed by atoms with E-state index in [1.54, 1.807) is 26.2 Å². The first kappa shape index (κ1) is 25.6. The molecule has 0 aromatic heterocycles. The monoisotopic (exact) mass is 480 g/mol. The van der Waals surface area contributed by atoms with Gasteiger partial charge in [-0.15, -0.1) is 0 Å². The highest BCUT2D eigenvalue weighted by Crippen LogP contribution is 2.32. The number of primary sulfonamides is 1. The Kier molecular flexibility index (Phi) is 8.61. The molecule has 3 N–H and O–H groups in total. The highest BCUT2D eigenvalue weighted by molar-refractivity contribution is 7.89. The number of para-hydroxylation sites is 1. The number of benzene rings is 3. The Morgan fingerprint density at radius 2 is 1.71 bits per heavy atom. The van der Waals surface area contributed by atoms with Crippen molar-refractivity contribution < 1.29 is 17.9 Å². The van der Waals surface area contributed by atoms with Crippen LogP contribution in [0.4, 0.5) is 0 Å². The summed E-state index contributed by atoms with van der Waals surface area (Å²) < 4.78 is 29.2. The molecule has 0 amide bonds. The van der Waals surface area contributed by atoms with Gasteiger partial charge in [0.15, 0.2) is 5.78 Å². The van der Waals surface area contributed by atoms with Gasteiger partial charge in [0.25, 0.3) is 0 Å². The Bertz CT molecular complexity index is 1230. The third kappa shape index (κ3) is 6.76. The molecule has 180 valence electrons. The predicted octanol–water partition coefficient (Wildman–Crippen LogP) is 4.23. The van der Waals surface area contributed by atoms with Crippen LogP contribution in [0.1, 0.15) is 46.3 Å². The fourth-order valence-corrected chi connectivity index (χ4v) is 4.99. The molecule has 3 aromatic rings. The van der Waals surface area contributed by atoms with Crippen molar-refractivity contribution in [2.45, 2.75) is 43.5 Å². The van der Waals surface area contributed by atoms with E-state index >= 15 is 0 Å². The summed E-state index contributed by atoms with van der Waals surface area (Å²) in [5.74, 6) is 0.847. The number of aryl methyl sites for hydroxylation is 1. The Labute approximate surface area is 202 Å². The predicted molar refractivity (Wildman–Crippen MR) is 135 cm³/mol. The van der Waals surface area contributed by atoms with Gasteiger partial charge < -0.3 is 10.1 Å². The smallest absolute Gasteiger partial charge is 0.238 e. The van der Waals surface area contributed by atoms with Crippen LogP contribution in [-0.2, 0) is 16.4 Å². The van der Waals surface area contributed by atoms with Crippen LogP contribution in [0.25, 0.3) is 0 Å². The SMILES string of the molecule is COc1ccccc1C(Cc1ccccc1)CC(C)NCC(=O)c1ccc(C)c(S(N)(=O)=O)c1. The lowest BCUT2D eigenvalue weighted by Gasteiger charge is -2.24. The summed E-state index contributed by atoms with van der Waals surface area (Å²) in [6.07, 6.45) is 1.63. The van der Waals surface area contributed by atoms with E-state index in [1.807, 2.05) is 43.3 Å². The minimum absolute atomic E-state index is 0.0227. The lowest BCUT2D eigenvalue weighted by atomic mass is 9.86. The standard InChI is InChI=1S/C27H32N2O4S/c1-19-13-14-22(17-27(19)34(28,31)32)25(30)18-29-20(2)15-23(16-21-9-5-4-6-10-21)24-11-7-8-12-26(24)33-3/h4-14,17,20,23,29H,15-16,18H2,1-3H3,(H2,28,31,32). The number of ether oxygens (including phenoxy) is 1. The van der Waals surface area contributed by atoms with Crippen LogP contribution in [0.5, 0.6) is 5.75 Å². The number of hydrogen-bond acceptors (Lipinski definition) is 5. The summed E-state index contributed by atoms with van der Waals surface area (Å²) in [6, 6.07) is 23.0. The molecule has 0 saturated carbocycles. The molecule has 3 rings (SSSR count). The zero-order chi connectivity index (χ0) is 24.7. The number of methoxy groups -OCH3 is 1. The lowest BCUT2D eigenvalue weighted by Crippen LogP contribution is -2.33. The van der Waals surface area contributed by atoms with Crippen LogP contribution in [0.15, 0.2) is 77.7 Å². The van der Waals surface area contributed by atoms with Gasteiger partial charge in [0, 0.05) is 11.6 Å². The van der Waals surface area contributed by atoms with Crippen molar-refractivity contribution in [3.8, 4) is 5.75 Å². The molecule has 2 unspecified atom stereocenters. The molecule has 0 aliphatic rings. The lowest BCUT2D eigenvalue weighted by molar-refractivity contribution is 0.0986. The number of sulfonamides is 1. The van der Waals surface area contributed by atoms with E-state index in [1.165, 1.54) is 11.6 Å². The Hall–Kier alpha value is -3.00. The molecule has 0 heterocycles. The molecule has 2 atom stereocenters. The van der Waals surface area contributed by atoms with Crippen LogP contribution < -0.4 is 15.2 Å². The molecule has 34 heavy (non-hydrogen) atoms. The van der Waals surface area contributed by atoms with Crippen molar-refractivity contribution in [1.82, 2.24) is 5.32 Å². The fraction of sp³-hybridized carbons (Fsp3) is 0.296. The van der Waals surface area contributed by atoms with Gasteiger partial charge in [0.05, 0.1) is 18.6 Å². The van der Waals surface area contributed by atoms with E-state index in [4.69, 9.17) is 9.88 Å². The third-order valence-electron chi connectivity index (χ3n) is 5.97. The van der Waals surface area contributed by atoms with E-state index in [0.29, 0.717) is 11.1 Å². The van der Waals surface area contributed by atoms with Gasteiger partial charge in [-0.2, -0.15) is 0 Å². The molecule has 0 radical (unpaired) electrons. The maximum absolute atomic E-state index is 12.8. The Morgan fingerprint density at radius 3 is 2.38 bits per heavy atom. The normalized spacial score (nSPS) is 13.3. The molecule has 6 nitrogen and oxygen atoms in total. The van der Waals surface area contributed by atoms with Gasteiger partial charge in [0.2, 0.25) is 10.0 Å². The van der Waals surface area contributed by atoms with Crippen molar-refractivity contribution in [2.24, 2.45) is 5.14 Å². The largest absolute Gasteiger partial charge is 0.496 e. The van der Waals surface area contributed by atoms with Gasteiger partial charge in [-0.25, -0.2) is 13.6 Å². The zero-order valence-corrected chi connectivity index (χ0v) is 20.6. The Morgan fingerprint density at radius 1 is 1.03 bits per heavy atom. The molecule has 3 aromatic carbocycles. The molecule has 0 aliphatic heterocycles. The van der Waals surface area contributed by atoms with Crippen LogP contribution in [0.2, 0.25) is 0 Å². The summed E-state index contributed by atoms with van der Waals surface area (Å²) >= 11 is 0. The number of carbonyl (C=O) groups is 1. The van der Waals surface area contributed by atoms with Crippen molar-refractivity contribution >= 4 is 15.8 Å². The van der Waals surface area contributed by atoms with Gasteiger partial charge in [0.1, 0.15) is 5.75 Å². The van der Waals surface area contributed by atoms with Crippen molar-refractivity contribution in [3.63, 3.8) is 0 Å². The number of ketones is 1. The van der Waals surface area contributed by atoms with Crippen molar-refractivity contribution in [3.05, 3.63) is 95.1 Å². The Balaban J connectivity index is 1.72. The number of nitrogens with two attached hydrogens (primary N) is 1. The molecule has 7 heteroatoms. The molecule has 0 saturated heterocycles. The second-order valence-electron chi connectivity index (χ2n) is 8.59. The summed E-state index contributed by atoms with van der Waals surface area (Å²) in [5.41, 5.74) is 3.20. The molecular weight excluding hydrogens is 448 g/mol. The summed E-state index contributed by atoms with van der Waals surface area (Å²) in [4.78, 5) is 12.7. The van der Waals surface area contributed by atoms with E-state index in [-0.39, 0.29) is 29.2 Å². The first-order valence-electron chi connectivity index (χ1n) is 11.3. The highest BCUT2D eigenvalue weighted by atomic mass is 32.2. The molecule has 0 bridgehead atoms. The molecule has 0 fully saturated rings. The minimum Gasteiger partial charge on any atom is -0.496 e. The zero-order valence-electron chi connectivity index (χ0n) is 19.8. The molecule has 0 aliphatic carbocycles. The number of nitrogens with one attached hydrogen (secondary N) is 1. The number of hydrogen-bond donors (Lipinski definition) is 2. The van der Waals surface area contributed by atoms with Gasteiger partial charge in [-0.3, -0.25) is 4.79 Å². The number of rotatable bonds is 11. The van der Waals surface area contributed by atoms with E-state index < -0.39 is 10.0 Å².